The molecule has 0 aromatic heterocycles. The van der Waals surface area contributed by atoms with Gasteiger partial charge in [-0.05, 0) is 76.2 Å². The first-order chi connectivity index (χ1) is 7.56. The molecule has 0 bridgehead atoms. The summed E-state index contributed by atoms with van der Waals surface area (Å²) in [5, 5.41) is 9.05. The van der Waals surface area contributed by atoms with Crippen molar-refractivity contribution in [2.45, 2.75) is 13.3 Å². The van der Waals surface area contributed by atoms with E-state index in [4.69, 9.17) is 9.84 Å². The van der Waals surface area contributed by atoms with Crippen LogP contribution in [0.3, 0.4) is 0 Å². The summed E-state index contributed by atoms with van der Waals surface area (Å²) < 4.78 is 7.04. The van der Waals surface area contributed by atoms with Crippen LogP contribution >= 0.6 is 45.2 Å². The summed E-state index contributed by atoms with van der Waals surface area (Å²) in [6, 6.07) is 3.70. The summed E-state index contributed by atoms with van der Waals surface area (Å²) in [7, 11) is 0. The van der Waals surface area contributed by atoms with Crippen molar-refractivity contribution in [2.24, 2.45) is 0 Å². The van der Waals surface area contributed by atoms with Crippen molar-refractivity contribution in [3.63, 3.8) is 0 Å². The van der Waals surface area contributed by atoms with E-state index in [0.29, 0.717) is 18.8 Å². The fraction of sp³-hybridized carbons (Fsp3) is 0.364. The summed E-state index contributed by atoms with van der Waals surface area (Å²) in [6.45, 7) is 3.26. The molecule has 0 heterocycles. The molecule has 0 aliphatic rings. The molecule has 0 saturated heterocycles. The molecular weight excluding hydrogens is 434 g/mol. The maximum Gasteiger partial charge on any atom is 0.336 e. The lowest BCUT2D eigenvalue weighted by Crippen LogP contribution is -2.06. The predicted molar refractivity (Wildman–Crippen MR) is 79.0 cm³/mol. The SMILES string of the molecule is CCOCCc1cc(I)cc(C(=O)O)c1I. The van der Waals surface area contributed by atoms with E-state index in [1.54, 1.807) is 6.07 Å². The first kappa shape index (κ1) is 14.2. The topological polar surface area (TPSA) is 46.5 Å². The zero-order valence-electron chi connectivity index (χ0n) is 8.80. The Balaban J connectivity index is 2.95. The second kappa shape index (κ2) is 6.75. The Hall–Kier alpha value is 0.110. The molecule has 0 atom stereocenters. The van der Waals surface area contributed by atoms with Crippen molar-refractivity contribution in [1.29, 1.82) is 0 Å². The molecule has 0 fully saturated rings. The lowest BCUT2D eigenvalue weighted by Gasteiger charge is -2.08. The van der Waals surface area contributed by atoms with Crippen LogP contribution in [0.2, 0.25) is 0 Å². The van der Waals surface area contributed by atoms with Crippen molar-refractivity contribution < 1.29 is 14.6 Å². The second-order valence-corrected chi connectivity index (χ2v) is 5.50. The fourth-order valence-electron chi connectivity index (χ4n) is 1.31. The van der Waals surface area contributed by atoms with Crippen molar-refractivity contribution in [3.8, 4) is 0 Å². The number of aromatic carboxylic acids is 1. The van der Waals surface area contributed by atoms with Gasteiger partial charge in [-0.3, -0.25) is 0 Å². The van der Waals surface area contributed by atoms with E-state index in [-0.39, 0.29) is 0 Å². The quantitative estimate of drug-likeness (QED) is 0.559. The minimum absolute atomic E-state index is 0.374. The molecule has 1 N–H and O–H groups in total. The molecule has 1 rings (SSSR count). The lowest BCUT2D eigenvalue weighted by atomic mass is 10.1. The van der Waals surface area contributed by atoms with E-state index in [2.05, 4.69) is 45.2 Å². The van der Waals surface area contributed by atoms with Crippen molar-refractivity contribution in [2.75, 3.05) is 13.2 Å². The average molecular weight is 446 g/mol. The van der Waals surface area contributed by atoms with Gasteiger partial charge in [0.1, 0.15) is 0 Å². The smallest absolute Gasteiger partial charge is 0.336 e. The second-order valence-electron chi connectivity index (χ2n) is 3.18. The number of halogens is 2. The number of carboxylic acid groups (broad SMARTS) is 1. The Morgan fingerprint density at radius 2 is 2.12 bits per heavy atom. The van der Waals surface area contributed by atoms with Crippen LogP contribution in [0, 0.1) is 7.14 Å². The van der Waals surface area contributed by atoms with E-state index < -0.39 is 5.97 Å². The number of carboxylic acids is 1. The molecule has 88 valence electrons. The zero-order valence-corrected chi connectivity index (χ0v) is 13.1. The molecule has 0 amide bonds. The van der Waals surface area contributed by atoms with Gasteiger partial charge in [0.25, 0.3) is 0 Å². The number of hydrogen-bond acceptors (Lipinski definition) is 2. The van der Waals surface area contributed by atoms with E-state index in [1.807, 2.05) is 13.0 Å². The third-order valence-corrected chi connectivity index (χ3v) is 3.96. The van der Waals surface area contributed by atoms with Gasteiger partial charge in [-0.15, -0.1) is 0 Å². The number of carbonyl (C=O) groups is 1. The minimum Gasteiger partial charge on any atom is -0.478 e. The van der Waals surface area contributed by atoms with Gasteiger partial charge >= 0.3 is 5.97 Å². The van der Waals surface area contributed by atoms with Crippen molar-refractivity contribution in [1.82, 2.24) is 0 Å². The number of rotatable bonds is 5. The van der Waals surface area contributed by atoms with Gasteiger partial charge in [-0.25, -0.2) is 4.79 Å². The summed E-state index contributed by atoms with van der Waals surface area (Å²) in [5.74, 6) is -0.874. The molecule has 0 unspecified atom stereocenters. The van der Waals surface area contributed by atoms with Crippen molar-refractivity contribution in [3.05, 3.63) is 30.4 Å². The molecule has 1 aromatic rings. The molecule has 5 heteroatoms. The highest BCUT2D eigenvalue weighted by Gasteiger charge is 2.13. The Morgan fingerprint density at radius 3 is 2.69 bits per heavy atom. The summed E-state index contributed by atoms with van der Waals surface area (Å²) >= 11 is 4.22. The zero-order chi connectivity index (χ0) is 12.1. The standard InChI is InChI=1S/C11H12I2O3/c1-2-16-4-3-7-5-8(12)6-9(10(7)13)11(14)15/h5-6H,2-4H2,1H3,(H,14,15). The highest BCUT2D eigenvalue weighted by molar-refractivity contribution is 14.1. The van der Waals surface area contributed by atoms with E-state index in [9.17, 15) is 4.79 Å². The third-order valence-electron chi connectivity index (χ3n) is 2.06. The third kappa shape index (κ3) is 3.85. The highest BCUT2D eigenvalue weighted by atomic mass is 127. The normalized spacial score (nSPS) is 10.4. The van der Waals surface area contributed by atoms with Crippen LogP contribution in [-0.4, -0.2) is 24.3 Å². The fourth-order valence-corrected chi connectivity index (χ4v) is 2.81. The maximum atomic E-state index is 11.0. The molecule has 0 radical (unpaired) electrons. The van der Waals surface area contributed by atoms with E-state index in [0.717, 1.165) is 19.1 Å². The Kier molecular flexibility index (Phi) is 5.98. The first-order valence-corrected chi connectivity index (χ1v) is 7.01. The van der Waals surface area contributed by atoms with Crippen LogP contribution in [0.4, 0.5) is 0 Å². The average Bonchev–Trinajstić information content (AvgIpc) is 2.22. The van der Waals surface area contributed by atoms with Crippen LogP contribution in [0.5, 0.6) is 0 Å². The summed E-state index contributed by atoms with van der Waals surface area (Å²) in [4.78, 5) is 11.0. The predicted octanol–water partition coefficient (Wildman–Crippen LogP) is 3.17. The van der Waals surface area contributed by atoms with Gasteiger partial charge in [0, 0.05) is 13.7 Å². The molecule has 3 nitrogen and oxygen atoms in total. The monoisotopic (exact) mass is 446 g/mol. The van der Waals surface area contributed by atoms with Crippen LogP contribution in [0.15, 0.2) is 12.1 Å². The summed E-state index contributed by atoms with van der Waals surface area (Å²) in [5.41, 5.74) is 1.41. The summed E-state index contributed by atoms with van der Waals surface area (Å²) in [6.07, 6.45) is 0.753. The van der Waals surface area contributed by atoms with Gasteiger partial charge in [-0.2, -0.15) is 0 Å². The van der Waals surface area contributed by atoms with E-state index >= 15 is 0 Å². The van der Waals surface area contributed by atoms with Crippen LogP contribution in [-0.2, 0) is 11.2 Å². The van der Waals surface area contributed by atoms with Gasteiger partial charge in [-0.1, -0.05) is 0 Å². The Bertz CT molecular complexity index is 391. The number of benzene rings is 1. The molecule has 16 heavy (non-hydrogen) atoms. The van der Waals surface area contributed by atoms with Gasteiger partial charge in [0.2, 0.25) is 0 Å². The molecule has 1 aromatic carbocycles. The molecular formula is C11H12I2O3. The van der Waals surface area contributed by atoms with Crippen LogP contribution in [0.25, 0.3) is 0 Å². The van der Waals surface area contributed by atoms with Gasteiger partial charge < -0.3 is 9.84 Å². The van der Waals surface area contributed by atoms with E-state index in [1.165, 1.54) is 0 Å². The van der Waals surface area contributed by atoms with Gasteiger partial charge in [0.15, 0.2) is 0 Å². The molecule has 0 aliphatic carbocycles. The largest absolute Gasteiger partial charge is 0.478 e. The minimum atomic E-state index is -0.874. The number of ether oxygens (including phenoxy) is 1. The first-order valence-electron chi connectivity index (χ1n) is 4.85. The van der Waals surface area contributed by atoms with Crippen molar-refractivity contribution >= 4 is 51.2 Å². The molecule has 0 aliphatic heterocycles. The van der Waals surface area contributed by atoms with Gasteiger partial charge in [0.05, 0.1) is 12.2 Å². The highest BCUT2D eigenvalue weighted by Crippen LogP contribution is 2.22. The molecule has 0 spiro atoms. The van der Waals surface area contributed by atoms with Crippen LogP contribution < -0.4 is 0 Å². The Morgan fingerprint density at radius 1 is 1.44 bits per heavy atom. The van der Waals surface area contributed by atoms with Crippen LogP contribution in [0.1, 0.15) is 22.8 Å². The molecule has 0 saturated carbocycles. The Labute approximate surface area is 122 Å². The number of hydrogen-bond donors (Lipinski definition) is 1. The lowest BCUT2D eigenvalue weighted by molar-refractivity contribution is 0.0695. The maximum absolute atomic E-state index is 11.0.